The lowest BCUT2D eigenvalue weighted by Crippen LogP contribution is -2.43. The number of carbonyl (C=O) groups excluding carboxylic acids is 1. The molecule has 0 aliphatic carbocycles. The van der Waals surface area contributed by atoms with E-state index in [4.69, 9.17) is 18.9 Å². The molecule has 0 aromatic heterocycles. The lowest BCUT2D eigenvalue weighted by Gasteiger charge is -2.35. The summed E-state index contributed by atoms with van der Waals surface area (Å²) in [5.41, 5.74) is 1.17. The molecular weight excluding hydrogens is 414 g/mol. The summed E-state index contributed by atoms with van der Waals surface area (Å²) in [6.45, 7) is 2.51. The predicted molar refractivity (Wildman–Crippen MR) is 107 cm³/mol. The highest BCUT2D eigenvalue weighted by Crippen LogP contribution is 2.46. The van der Waals surface area contributed by atoms with Crippen molar-refractivity contribution in [3.05, 3.63) is 40.4 Å². The minimum Gasteiger partial charge on any atom is -0.493 e. The van der Waals surface area contributed by atoms with Gasteiger partial charge in [-0.2, -0.15) is 0 Å². The molecule has 6 nitrogen and oxygen atoms in total. The number of nitrogens with zero attached hydrogens (tertiary/aromatic N) is 1. The summed E-state index contributed by atoms with van der Waals surface area (Å²) in [7, 11) is 4.57. The number of para-hydroxylation sites is 2. The third-order valence-electron chi connectivity index (χ3n) is 4.54. The summed E-state index contributed by atoms with van der Waals surface area (Å²) < 4.78 is 22.7. The Balaban J connectivity index is 2.11. The Morgan fingerprint density at radius 3 is 2.52 bits per heavy atom. The summed E-state index contributed by atoms with van der Waals surface area (Å²) in [5, 5.41) is 0. The molecule has 27 heavy (non-hydrogen) atoms. The zero-order chi connectivity index (χ0) is 19.6. The second-order valence-electron chi connectivity index (χ2n) is 6.04. The summed E-state index contributed by atoms with van der Waals surface area (Å²) >= 11 is 3.50. The van der Waals surface area contributed by atoms with Gasteiger partial charge in [-0.1, -0.05) is 19.1 Å². The van der Waals surface area contributed by atoms with Gasteiger partial charge in [-0.05, 0) is 40.5 Å². The van der Waals surface area contributed by atoms with Crippen molar-refractivity contribution in [2.45, 2.75) is 19.4 Å². The summed E-state index contributed by atoms with van der Waals surface area (Å²) in [6.07, 6.45) is 0.735. The number of methoxy groups -OCH3 is 3. The first-order chi connectivity index (χ1) is 13.0. The molecule has 3 rings (SSSR count). The monoisotopic (exact) mass is 435 g/mol. The normalized spacial score (nSPS) is 15.6. The molecule has 1 aliphatic heterocycles. The third kappa shape index (κ3) is 3.43. The average molecular weight is 436 g/mol. The van der Waals surface area contributed by atoms with Crippen LogP contribution in [0, 0.1) is 0 Å². The Bertz CT molecular complexity index is 855. The molecule has 0 spiro atoms. The summed E-state index contributed by atoms with van der Waals surface area (Å²) in [6, 6.07) is 9.20. The Kier molecular flexibility index (Phi) is 5.79. The van der Waals surface area contributed by atoms with Crippen molar-refractivity contribution in [1.82, 2.24) is 0 Å². The maximum Gasteiger partial charge on any atom is 0.259 e. The number of benzene rings is 2. The van der Waals surface area contributed by atoms with Gasteiger partial charge in [-0.15, -0.1) is 0 Å². The van der Waals surface area contributed by atoms with Gasteiger partial charge in [0, 0.05) is 0 Å². The van der Waals surface area contributed by atoms with Crippen LogP contribution < -0.4 is 23.8 Å². The molecule has 0 bridgehead atoms. The van der Waals surface area contributed by atoms with Crippen LogP contribution in [0.1, 0.15) is 23.7 Å². The van der Waals surface area contributed by atoms with Crippen molar-refractivity contribution in [2.24, 2.45) is 0 Å². The highest BCUT2D eigenvalue weighted by atomic mass is 79.9. The van der Waals surface area contributed by atoms with E-state index in [0.717, 1.165) is 12.1 Å². The smallest absolute Gasteiger partial charge is 0.259 e. The van der Waals surface area contributed by atoms with E-state index in [1.807, 2.05) is 31.2 Å². The number of hydrogen-bond acceptors (Lipinski definition) is 5. The summed E-state index contributed by atoms with van der Waals surface area (Å²) in [4.78, 5) is 15.2. The van der Waals surface area contributed by atoms with E-state index in [1.54, 1.807) is 11.0 Å². The van der Waals surface area contributed by atoms with Gasteiger partial charge < -0.3 is 23.8 Å². The first-order valence-electron chi connectivity index (χ1n) is 8.61. The van der Waals surface area contributed by atoms with Crippen LogP contribution in [0.2, 0.25) is 0 Å². The average Bonchev–Trinajstić information content (AvgIpc) is 2.71. The number of carbonyl (C=O) groups is 1. The first kappa shape index (κ1) is 19.4. The zero-order valence-electron chi connectivity index (χ0n) is 15.7. The van der Waals surface area contributed by atoms with E-state index < -0.39 is 0 Å². The van der Waals surface area contributed by atoms with Crippen LogP contribution in [0.4, 0.5) is 5.69 Å². The Hall–Kier alpha value is -2.41. The number of hydrogen-bond donors (Lipinski definition) is 0. The molecule has 1 unspecified atom stereocenters. The van der Waals surface area contributed by atoms with E-state index in [1.165, 1.54) is 21.3 Å². The van der Waals surface area contributed by atoms with Gasteiger partial charge in [0.1, 0.15) is 11.9 Å². The van der Waals surface area contributed by atoms with Crippen LogP contribution in [-0.4, -0.2) is 39.9 Å². The van der Waals surface area contributed by atoms with Gasteiger partial charge in [0.15, 0.2) is 11.5 Å². The second kappa shape index (κ2) is 8.08. The number of rotatable bonds is 5. The molecule has 1 amide bonds. The van der Waals surface area contributed by atoms with Crippen LogP contribution in [0.5, 0.6) is 23.0 Å². The largest absolute Gasteiger partial charge is 0.493 e. The standard InChI is InChI=1S/C20H22BrNO5/c1-5-12-11-22(14-8-6-7-9-15(14)27-12)20(23)13-10-16(24-2)18(25-3)19(26-4)17(13)21/h6-10,12H,5,11H2,1-4H3. The maximum atomic E-state index is 13.5. The predicted octanol–water partition coefficient (Wildman–Crippen LogP) is 4.29. The molecule has 1 heterocycles. The van der Waals surface area contributed by atoms with Crippen molar-refractivity contribution >= 4 is 27.5 Å². The number of amides is 1. The first-order valence-corrected chi connectivity index (χ1v) is 9.40. The molecule has 0 saturated carbocycles. The number of anilines is 1. The van der Waals surface area contributed by atoms with E-state index in [2.05, 4.69) is 15.9 Å². The highest BCUT2D eigenvalue weighted by Gasteiger charge is 2.32. The highest BCUT2D eigenvalue weighted by molar-refractivity contribution is 9.10. The zero-order valence-corrected chi connectivity index (χ0v) is 17.3. The molecule has 0 radical (unpaired) electrons. The van der Waals surface area contributed by atoms with E-state index in [9.17, 15) is 4.79 Å². The van der Waals surface area contributed by atoms with Crippen LogP contribution in [0.3, 0.4) is 0 Å². The molecule has 144 valence electrons. The van der Waals surface area contributed by atoms with Crippen molar-refractivity contribution in [3.8, 4) is 23.0 Å². The Labute approximate surface area is 167 Å². The number of fused-ring (bicyclic) bond motifs is 1. The van der Waals surface area contributed by atoms with E-state index in [-0.39, 0.29) is 12.0 Å². The van der Waals surface area contributed by atoms with Crippen LogP contribution in [-0.2, 0) is 0 Å². The lowest BCUT2D eigenvalue weighted by atomic mass is 10.1. The van der Waals surface area contributed by atoms with Gasteiger partial charge in [-0.25, -0.2) is 0 Å². The molecule has 2 aromatic rings. The lowest BCUT2D eigenvalue weighted by molar-refractivity contribution is 0.0953. The molecule has 2 aromatic carbocycles. The van der Waals surface area contributed by atoms with Gasteiger partial charge in [-0.3, -0.25) is 4.79 Å². The topological polar surface area (TPSA) is 57.2 Å². The van der Waals surface area contributed by atoms with Crippen LogP contribution in [0.25, 0.3) is 0 Å². The fraction of sp³-hybridized carbons (Fsp3) is 0.350. The van der Waals surface area contributed by atoms with Crippen molar-refractivity contribution in [2.75, 3.05) is 32.8 Å². The third-order valence-corrected chi connectivity index (χ3v) is 5.32. The minimum atomic E-state index is -0.171. The van der Waals surface area contributed by atoms with Crippen molar-refractivity contribution in [1.29, 1.82) is 0 Å². The SMILES string of the molecule is CCC1CN(C(=O)c2cc(OC)c(OC)c(OC)c2Br)c2ccccc2O1. The maximum absolute atomic E-state index is 13.5. The van der Waals surface area contributed by atoms with Crippen molar-refractivity contribution in [3.63, 3.8) is 0 Å². The molecular formula is C20H22BrNO5. The van der Waals surface area contributed by atoms with Gasteiger partial charge in [0.05, 0.1) is 43.6 Å². The van der Waals surface area contributed by atoms with Crippen molar-refractivity contribution < 1.29 is 23.7 Å². The molecule has 7 heteroatoms. The fourth-order valence-corrected chi connectivity index (χ4v) is 3.75. The Morgan fingerprint density at radius 2 is 1.89 bits per heavy atom. The van der Waals surface area contributed by atoms with Gasteiger partial charge in [0.25, 0.3) is 5.91 Å². The quantitative estimate of drug-likeness (QED) is 0.700. The number of halogens is 1. The van der Waals surface area contributed by atoms with E-state index >= 15 is 0 Å². The fourth-order valence-electron chi connectivity index (χ4n) is 3.13. The second-order valence-corrected chi connectivity index (χ2v) is 6.83. The summed E-state index contributed by atoms with van der Waals surface area (Å²) in [5.74, 6) is 1.79. The minimum absolute atomic E-state index is 0.0651. The molecule has 0 N–H and O–H groups in total. The van der Waals surface area contributed by atoms with Gasteiger partial charge in [0.2, 0.25) is 5.75 Å². The van der Waals surface area contributed by atoms with Crippen LogP contribution >= 0.6 is 15.9 Å². The van der Waals surface area contributed by atoms with Gasteiger partial charge >= 0.3 is 0 Å². The van der Waals surface area contributed by atoms with E-state index in [0.29, 0.717) is 39.6 Å². The molecule has 1 aliphatic rings. The molecule has 0 saturated heterocycles. The Morgan fingerprint density at radius 1 is 1.19 bits per heavy atom. The van der Waals surface area contributed by atoms with Crippen LogP contribution in [0.15, 0.2) is 34.8 Å². The number of ether oxygens (including phenoxy) is 4. The molecule has 1 atom stereocenters. The molecule has 0 fully saturated rings.